The van der Waals surface area contributed by atoms with Crippen molar-refractivity contribution in [2.24, 2.45) is 0 Å². The van der Waals surface area contributed by atoms with Crippen LogP contribution in [0.2, 0.25) is 0 Å². The van der Waals surface area contributed by atoms with E-state index in [2.05, 4.69) is 14.6 Å². The molecule has 1 N–H and O–H groups in total. The van der Waals surface area contributed by atoms with Gasteiger partial charge < -0.3 is 4.90 Å². The lowest BCUT2D eigenvalue weighted by molar-refractivity contribution is 0.623. The van der Waals surface area contributed by atoms with Gasteiger partial charge in [-0.15, -0.1) is 0 Å². The summed E-state index contributed by atoms with van der Waals surface area (Å²) in [6, 6.07) is 11.9. The standard InChI is InChI=1S/C18H25N3OS/c1-18(2,3)23(22)20-17(14-9-7-6-8-10-14)15-13-19-12-11-16(15)21(4)5/h6-13,17,20H,1-5H3/t17-,23?/m0/s1. The second-order valence-electron chi connectivity index (χ2n) is 6.67. The number of aromatic nitrogens is 1. The van der Waals surface area contributed by atoms with E-state index in [0.717, 1.165) is 16.8 Å². The summed E-state index contributed by atoms with van der Waals surface area (Å²) in [6.45, 7) is 5.90. The van der Waals surface area contributed by atoms with Gasteiger partial charge in [0.05, 0.1) is 21.8 Å². The molecule has 0 saturated heterocycles. The summed E-state index contributed by atoms with van der Waals surface area (Å²) >= 11 is 0. The molecule has 0 amide bonds. The lowest BCUT2D eigenvalue weighted by Crippen LogP contribution is -2.36. The van der Waals surface area contributed by atoms with Crippen LogP contribution in [0.4, 0.5) is 5.69 Å². The van der Waals surface area contributed by atoms with Crippen LogP contribution in [-0.2, 0) is 11.0 Å². The molecule has 2 rings (SSSR count). The van der Waals surface area contributed by atoms with Crippen LogP contribution in [-0.4, -0.2) is 28.0 Å². The normalized spacial score (nSPS) is 14.3. The summed E-state index contributed by atoms with van der Waals surface area (Å²) in [7, 11) is 2.82. The van der Waals surface area contributed by atoms with Gasteiger partial charge in [0.2, 0.25) is 0 Å². The number of rotatable bonds is 5. The summed E-state index contributed by atoms with van der Waals surface area (Å²) in [5.74, 6) is 0. The summed E-state index contributed by atoms with van der Waals surface area (Å²) < 4.78 is 15.6. The van der Waals surface area contributed by atoms with Gasteiger partial charge >= 0.3 is 0 Å². The molecule has 0 bridgehead atoms. The molecule has 124 valence electrons. The van der Waals surface area contributed by atoms with Crippen LogP contribution in [0.5, 0.6) is 0 Å². The zero-order valence-electron chi connectivity index (χ0n) is 14.4. The first kappa shape index (κ1) is 17.6. The van der Waals surface area contributed by atoms with Crippen LogP contribution >= 0.6 is 0 Å². The summed E-state index contributed by atoms with van der Waals surface area (Å²) in [6.07, 6.45) is 3.63. The number of benzene rings is 1. The zero-order chi connectivity index (χ0) is 17.0. The average molecular weight is 331 g/mol. The minimum Gasteiger partial charge on any atom is -0.377 e. The van der Waals surface area contributed by atoms with Gasteiger partial charge in [-0.1, -0.05) is 30.3 Å². The van der Waals surface area contributed by atoms with Gasteiger partial charge in [0, 0.05) is 37.7 Å². The first-order chi connectivity index (χ1) is 10.8. The predicted molar refractivity (Wildman–Crippen MR) is 97.9 cm³/mol. The highest BCUT2D eigenvalue weighted by Crippen LogP contribution is 2.30. The first-order valence-electron chi connectivity index (χ1n) is 7.65. The Morgan fingerprint density at radius 1 is 1.13 bits per heavy atom. The van der Waals surface area contributed by atoms with E-state index in [9.17, 15) is 4.21 Å². The number of anilines is 1. The Labute approximate surface area is 141 Å². The van der Waals surface area contributed by atoms with Crippen LogP contribution in [0.15, 0.2) is 48.8 Å². The number of hydrogen-bond donors (Lipinski definition) is 1. The van der Waals surface area contributed by atoms with Crippen LogP contribution < -0.4 is 9.62 Å². The molecule has 0 saturated carbocycles. The van der Waals surface area contributed by atoms with E-state index >= 15 is 0 Å². The molecule has 2 atom stereocenters. The summed E-state index contributed by atoms with van der Waals surface area (Å²) in [4.78, 5) is 6.33. The third-order valence-corrected chi connectivity index (χ3v) is 5.10. The van der Waals surface area contributed by atoms with Gasteiger partial charge in [0.1, 0.15) is 0 Å². The molecule has 1 heterocycles. The highest BCUT2D eigenvalue weighted by atomic mass is 32.2. The SMILES string of the molecule is CN(C)c1ccncc1[C@@H](NS(=O)C(C)(C)C)c1ccccc1. The van der Waals surface area contributed by atoms with E-state index < -0.39 is 11.0 Å². The van der Waals surface area contributed by atoms with Crippen LogP contribution in [0.25, 0.3) is 0 Å². The van der Waals surface area contributed by atoms with Crippen molar-refractivity contribution >= 4 is 16.7 Å². The third kappa shape index (κ3) is 4.39. The molecule has 4 nitrogen and oxygen atoms in total. The Morgan fingerprint density at radius 3 is 2.35 bits per heavy atom. The fraction of sp³-hybridized carbons (Fsp3) is 0.389. The van der Waals surface area contributed by atoms with Gasteiger partial charge in [0.25, 0.3) is 0 Å². The number of hydrogen-bond acceptors (Lipinski definition) is 3. The number of nitrogens with one attached hydrogen (secondary N) is 1. The number of pyridine rings is 1. The highest BCUT2D eigenvalue weighted by molar-refractivity contribution is 7.84. The maximum Gasteiger partial charge on any atom is 0.0979 e. The molecule has 1 aromatic carbocycles. The Hall–Kier alpha value is -1.72. The van der Waals surface area contributed by atoms with E-state index in [1.165, 1.54) is 0 Å². The van der Waals surface area contributed by atoms with Gasteiger partial charge in [-0.05, 0) is 32.4 Å². The summed E-state index contributed by atoms with van der Waals surface area (Å²) in [5, 5.41) is 0. The van der Waals surface area contributed by atoms with Crippen molar-refractivity contribution in [3.63, 3.8) is 0 Å². The molecule has 0 fully saturated rings. The van der Waals surface area contributed by atoms with E-state index in [1.807, 2.05) is 77.5 Å². The van der Waals surface area contributed by atoms with Gasteiger partial charge in [-0.25, -0.2) is 8.93 Å². The molecular weight excluding hydrogens is 306 g/mol. The van der Waals surface area contributed by atoms with Gasteiger partial charge in [-0.3, -0.25) is 4.98 Å². The van der Waals surface area contributed by atoms with Crippen molar-refractivity contribution in [2.45, 2.75) is 31.6 Å². The van der Waals surface area contributed by atoms with Crippen molar-refractivity contribution < 1.29 is 4.21 Å². The molecule has 0 radical (unpaired) electrons. The van der Waals surface area contributed by atoms with E-state index in [0.29, 0.717) is 0 Å². The second kappa shape index (κ2) is 7.23. The van der Waals surface area contributed by atoms with Gasteiger partial charge in [-0.2, -0.15) is 0 Å². The quantitative estimate of drug-likeness (QED) is 0.914. The average Bonchev–Trinajstić information content (AvgIpc) is 2.52. The molecule has 1 unspecified atom stereocenters. The van der Waals surface area contributed by atoms with Gasteiger partial charge in [0.15, 0.2) is 0 Å². The van der Waals surface area contributed by atoms with Crippen molar-refractivity contribution in [1.82, 2.24) is 9.71 Å². The van der Waals surface area contributed by atoms with Crippen molar-refractivity contribution in [2.75, 3.05) is 19.0 Å². The van der Waals surface area contributed by atoms with Crippen molar-refractivity contribution in [1.29, 1.82) is 0 Å². The smallest absolute Gasteiger partial charge is 0.0979 e. The van der Waals surface area contributed by atoms with Crippen molar-refractivity contribution in [3.05, 3.63) is 59.9 Å². The predicted octanol–water partition coefficient (Wildman–Crippen LogP) is 3.29. The lowest BCUT2D eigenvalue weighted by Gasteiger charge is -2.27. The monoisotopic (exact) mass is 331 g/mol. The fourth-order valence-electron chi connectivity index (χ4n) is 2.27. The molecule has 0 aliphatic rings. The third-order valence-electron chi connectivity index (χ3n) is 3.53. The highest BCUT2D eigenvalue weighted by Gasteiger charge is 2.26. The Kier molecular flexibility index (Phi) is 5.55. The first-order valence-corrected chi connectivity index (χ1v) is 8.80. The Morgan fingerprint density at radius 2 is 1.78 bits per heavy atom. The zero-order valence-corrected chi connectivity index (χ0v) is 15.2. The maximum absolute atomic E-state index is 12.7. The Bertz CT molecular complexity index is 665. The molecular formula is C18H25N3OS. The molecule has 0 spiro atoms. The van der Waals surface area contributed by atoms with E-state index in [1.54, 1.807) is 6.20 Å². The molecule has 2 aromatic rings. The maximum atomic E-state index is 12.7. The van der Waals surface area contributed by atoms with Crippen molar-refractivity contribution in [3.8, 4) is 0 Å². The fourth-order valence-corrected chi connectivity index (χ4v) is 3.10. The topological polar surface area (TPSA) is 45.2 Å². The van der Waals surface area contributed by atoms with Crippen LogP contribution in [0.1, 0.15) is 37.9 Å². The van der Waals surface area contributed by atoms with E-state index in [4.69, 9.17) is 0 Å². The lowest BCUT2D eigenvalue weighted by atomic mass is 9.99. The van der Waals surface area contributed by atoms with Crippen LogP contribution in [0.3, 0.4) is 0 Å². The largest absolute Gasteiger partial charge is 0.377 e. The molecule has 0 aliphatic heterocycles. The molecule has 5 heteroatoms. The molecule has 1 aromatic heterocycles. The second-order valence-corrected chi connectivity index (χ2v) is 8.67. The minimum absolute atomic E-state index is 0.178. The van der Waals surface area contributed by atoms with Crippen LogP contribution in [0, 0.1) is 0 Å². The minimum atomic E-state index is -1.19. The molecule has 23 heavy (non-hydrogen) atoms. The number of nitrogens with zero attached hydrogens (tertiary/aromatic N) is 2. The Balaban J connectivity index is 2.49. The summed E-state index contributed by atoms with van der Waals surface area (Å²) in [5.41, 5.74) is 3.15. The molecule has 0 aliphatic carbocycles. The van der Waals surface area contributed by atoms with E-state index in [-0.39, 0.29) is 10.8 Å².